The van der Waals surface area contributed by atoms with E-state index in [1.165, 1.54) is 11.8 Å². The zero-order valence-electron chi connectivity index (χ0n) is 14.1. The highest BCUT2D eigenvalue weighted by Gasteiger charge is 2.38. The molecule has 2 aromatic rings. The van der Waals surface area contributed by atoms with Crippen molar-refractivity contribution < 1.29 is 4.79 Å². The lowest BCUT2D eigenvalue weighted by molar-refractivity contribution is -0.131. The number of hydrogen-bond donors (Lipinski definition) is 1. The summed E-state index contributed by atoms with van der Waals surface area (Å²) in [5.74, 6) is 0.795. The molecule has 3 rings (SSSR count). The Bertz CT molecular complexity index is 763. The van der Waals surface area contributed by atoms with Crippen LogP contribution < -0.4 is 0 Å². The van der Waals surface area contributed by atoms with Gasteiger partial charge in [-0.25, -0.2) is 4.98 Å². The van der Waals surface area contributed by atoms with Crippen molar-refractivity contribution in [3.63, 3.8) is 0 Å². The maximum atomic E-state index is 12.5. The van der Waals surface area contributed by atoms with Gasteiger partial charge in [-0.3, -0.25) is 14.9 Å². The summed E-state index contributed by atoms with van der Waals surface area (Å²) in [6.45, 7) is 0. The number of aromatic amines is 1. The minimum absolute atomic E-state index is 0.0660. The molecule has 130 valence electrons. The molecule has 1 saturated carbocycles. The Morgan fingerprint density at radius 1 is 1.36 bits per heavy atom. The first kappa shape index (κ1) is 17.4. The van der Waals surface area contributed by atoms with Gasteiger partial charge in [-0.1, -0.05) is 31.0 Å². The molecule has 1 aliphatic rings. The van der Waals surface area contributed by atoms with Crippen LogP contribution in [0.25, 0.3) is 11.4 Å². The molecule has 0 atom stereocenters. The van der Waals surface area contributed by atoms with Crippen LogP contribution in [0.3, 0.4) is 0 Å². The second-order valence-corrected chi connectivity index (χ2v) is 7.09. The van der Waals surface area contributed by atoms with Crippen LogP contribution in [0.4, 0.5) is 0 Å². The molecule has 0 unspecified atom stereocenters. The Morgan fingerprint density at radius 2 is 2.08 bits per heavy atom. The van der Waals surface area contributed by atoms with Crippen molar-refractivity contribution in [2.45, 2.75) is 42.8 Å². The van der Waals surface area contributed by atoms with Crippen molar-refractivity contribution in [2.75, 3.05) is 12.8 Å². The number of nitrogens with zero attached hydrogens (tertiary/aromatic N) is 5. The van der Waals surface area contributed by atoms with Gasteiger partial charge in [0.25, 0.3) is 0 Å². The van der Waals surface area contributed by atoms with E-state index >= 15 is 0 Å². The Kier molecular flexibility index (Phi) is 5.34. The van der Waals surface area contributed by atoms with Crippen molar-refractivity contribution in [1.29, 1.82) is 5.26 Å². The van der Waals surface area contributed by atoms with E-state index in [-0.39, 0.29) is 11.7 Å². The third-order valence-electron chi connectivity index (χ3n) is 4.65. The molecule has 0 aromatic carbocycles. The average molecular weight is 356 g/mol. The highest BCUT2D eigenvalue weighted by atomic mass is 32.2. The summed E-state index contributed by atoms with van der Waals surface area (Å²) in [5, 5.41) is 17.1. The number of hydrogen-bond acceptors (Lipinski definition) is 6. The number of aromatic nitrogens is 4. The van der Waals surface area contributed by atoms with Crippen molar-refractivity contribution in [2.24, 2.45) is 0 Å². The number of amides is 1. The predicted molar refractivity (Wildman–Crippen MR) is 94.5 cm³/mol. The van der Waals surface area contributed by atoms with Crippen LogP contribution in [0.15, 0.2) is 29.7 Å². The molecule has 0 radical (unpaired) electrons. The summed E-state index contributed by atoms with van der Waals surface area (Å²) in [7, 11) is 1.73. The van der Waals surface area contributed by atoms with E-state index in [1.807, 2.05) is 12.1 Å². The van der Waals surface area contributed by atoms with Crippen molar-refractivity contribution >= 4 is 17.7 Å². The average Bonchev–Trinajstić information content (AvgIpc) is 3.16. The van der Waals surface area contributed by atoms with E-state index in [1.54, 1.807) is 24.3 Å². The summed E-state index contributed by atoms with van der Waals surface area (Å²) in [5.41, 5.74) is 0.236. The van der Waals surface area contributed by atoms with Gasteiger partial charge in [0, 0.05) is 25.0 Å². The van der Waals surface area contributed by atoms with Crippen molar-refractivity contribution in [1.82, 2.24) is 25.1 Å². The summed E-state index contributed by atoms with van der Waals surface area (Å²) in [6.07, 6.45) is 8.01. The molecule has 8 heteroatoms. The van der Waals surface area contributed by atoms with Crippen LogP contribution in [0.2, 0.25) is 0 Å². The van der Waals surface area contributed by atoms with E-state index in [0.29, 0.717) is 11.0 Å². The smallest absolute Gasteiger partial charge is 0.234 e. The molecule has 2 aromatic heterocycles. The first-order valence-electron chi connectivity index (χ1n) is 8.28. The molecule has 1 fully saturated rings. The van der Waals surface area contributed by atoms with Crippen molar-refractivity contribution in [3.8, 4) is 17.5 Å². The van der Waals surface area contributed by atoms with E-state index in [0.717, 1.165) is 37.7 Å². The van der Waals surface area contributed by atoms with Gasteiger partial charge in [0.15, 0.2) is 5.82 Å². The highest BCUT2D eigenvalue weighted by Crippen LogP contribution is 2.33. The van der Waals surface area contributed by atoms with Crippen LogP contribution in [0.5, 0.6) is 0 Å². The van der Waals surface area contributed by atoms with Crippen molar-refractivity contribution in [3.05, 3.63) is 24.5 Å². The van der Waals surface area contributed by atoms with Gasteiger partial charge in [-0.15, -0.1) is 5.10 Å². The zero-order chi connectivity index (χ0) is 17.7. The van der Waals surface area contributed by atoms with E-state index < -0.39 is 5.54 Å². The van der Waals surface area contributed by atoms with E-state index in [9.17, 15) is 10.1 Å². The molecule has 2 heterocycles. The lowest BCUT2D eigenvalue weighted by Gasteiger charge is -2.38. The third-order valence-corrected chi connectivity index (χ3v) is 5.48. The summed E-state index contributed by atoms with van der Waals surface area (Å²) in [6, 6.07) is 6.06. The fraction of sp³-hybridized carbons (Fsp3) is 0.471. The number of nitrogens with one attached hydrogen (secondary N) is 1. The SMILES string of the molecule is CN(C(=O)CSc1n[nH]c(-c2ccncc2)n1)C1(C#N)CCCCC1. The van der Waals surface area contributed by atoms with Gasteiger partial charge in [-0.2, -0.15) is 5.26 Å². The second-order valence-electron chi connectivity index (χ2n) is 6.15. The van der Waals surface area contributed by atoms with Crippen LogP contribution in [0.1, 0.15) is 32.1 Å². The van der Waals surface area contributed by atoms with E-state index in [4.69, 9.17) is 0 Å². The molecule has 1 amide bonds. The van der Waals surface area contributed by atoms with Crippen LogP contribution >= 0.6 is 11.8 Å². The minimum atomic E-state index is -0.656. The number of H-pyrrole nitrogens is 1. The molecule has 7 nitrogen and oxygen atoms in total. The molecule has 1 N–H and O–H groups in total. The first-order chi connectivity index (χ1) is 12.1. The number of carbonyl (C=O) groups excluding carboxylic acids is 1. The zero-order valence-corrected chi connectivity index (χ0v) is 14.9. The molecular formula is C17H20N6OS. The number of thioether (sulfide) groups is 1. The summed E-state index contributed by atoms with van der Waals surface area (Å²) < 4.78 is 0. The molecule has 0 aliphatic heterocycles. The number of nitriles is 1. The fourth-order valence-corrected chi connectivity index (χ4v) is 3.78. The van der Waals surface area contributed by atoms with Crippen LogP contribution in [-0.4, -0.2) is 49.3 Å². The Hall–Kier alpha value is -2.40. The highest BCUT2D eigenvalue weighted by molar-refractivity contribution is 7.99. The van der Waals surface area contributed by atoms with Gasteiger partial charge in [-0.05, 0) is 25.0 Å². The third kappa shape index (κ3) is 3.82. The van der Waals surface area contributed by atoms with Gasteiger partial charge >= 0.3 is 0 Å². The maximum Gasteiger partial charge on any atom is 0.234 e. The molecule has 1 aliphatic carbocycles. The molecule has 25 heavy (non-hydrogen) atoms. The topological polar surface area (TPSA) is 98.6 Å². The lowest BCUT2D eigenvalue weighted by Crippen LogP contribution is -2.50. The number of rotatable bonds is 5. The van der Waals surface area contributed by atoms with Crippen LogP contribution in [-0.2, 0) is 4.79 Å². The normalized spacial score (nSPS) is 16.2. The summed E-state index contributed by atoms with van der Waals surface area (Å²) in [4.78, 5) is 22.5. The fourth-order valence-electron chi connectivity index (χ4n) is 3.07. The largest absolute Gasteiger partial charge is 0.326 e. The van der Waals surface area contributed by atoms with Gasteiger partial charge in [0.1, 0.15) is 5.54 Å². The number of pyridine rings is 1. The quantitative estimate of drug-likeness (QED) is 0.827. The molecule has 0 saturated heterocycles. The molecule has 0 spiro atoms. The number of carbonyl (C=O) groups is 1. The van der Waals surface area contributed by atoms with Gasteiger partial charge < -0.3 is 4.90 Å². The second kappa shape index (κ2) is 7.66. The minimum Gasteiger partial charge on any atom is -0.326 e. The van der Waals surface area contributed by atoms with Gasteiger partial charge in [0.2, 0.25) is 11.1 Å². The Morgan fingerprint density at radius 3 is 2.76 bits per heavy atom. The maximum absolute atomic E-state index is 12.5. The predicted octanol–water partition coefficient (Wildman–Crippen LogP) is 2.64. The Labute approximate surface area is 150 Å². The Balaban J connectivity index is 1.61. The standard InChI is InChI=1S/C17H20N6OS/c1-23(17(12-18)7-3-2-4-8-17)14(24)11-25-16-20-15(21-22-16)13-5-9-19-10-6-13/h5-6,9-10H,2-4,7-8,11H2,1H3,(H,20,21,22). The van der Waals surface area contributed by atoms with Gasteiger partial charge in [0.05, 0.1) is 11.8 Å². The lowest BCUT2D eigenvalue weighted by atomic mass is 9.81. The van der Waals surface area contributed by atoms with Crippen LogP contribution in [0, 0.1) is 11.3 Å². The van der Waals surface area contributed by atoms with E-state index in [2.05, 4.69) is 26.2 Å². The summed E-state index contributed by atoms with van der Waals surface area (Å²) >= 11 is 1.28. The first-order valence-corrected chi connectivity index (χ1v) is 9.27. The molecular weight excluding hydrogens is 336 g/mol. The molecule has 0 bridgehead atoms. The monoisotopic (exact) mass is 356 g/mol.